The van der Waals surface area contributed by atoms with Crippen molar-refractivity contribution in [1.82, 2.24) is 20.8 Å². The first-order valence-electron chi connectivity index (χ1n) is 8.64. The van der Waals surface area contributed by atoms with E-state index in [0.29, 0.717) is 23.1 Å². The summed E-state index contributed by atoms with van der Waals surface area (Å²) in [4.78, 5) is 19.6. The number of carbonyl (C=O) groups excluding carboxylic acids is 1. The molecule has 2 heterocycles. The second-order valence-electron chi connectivity index (χ2n) is 6.84. The van der Waals surface area contributed by atoms with Crippen LogP contribution in [-0.2, 0) is 4.79 Å². The lowest BCUT2D eigenvalue weighted by atomic mass is 9.79. The summed E-state index contributed by atoms with van der Waals surface area (Å²) >= 11 is 0. The van der Waals surface area contributed by atoms with Gasteiger partial charge in [-0.05, 0) is 31.4 Å². The lowest BCUT2D eigenvalue weighted by Gasteiger charge is -2.33. The molecule has 138 valence electrons. The zero-order valence-corrected chi connectivity index (χ0v) is 14.0. The van der Waals surface area contributed by atoms with Crippen LogP contribution in [0.15, 0.2) is 24.3 Å². The molecule has 1 amide bonds. The number of hydrogen-bond donors (Lipinski definition) is 4. The Bertz CT molecular complexity index is 832. The Morgan fingerprint density at radius 3 is 2.81 bits per heavy atom. The van der Waals surface area contributed by atoms with E-state index in [1.807, 2.05) is 12.1 Å². The number of aromatic nitrogens is 2. The van der Waals surface area contributed by atoms with Gasteiger partial charge < -0.3 is 11.1 Å². The summed E-state index contributed by atoms with van der Waals surface area (Å²) in [5, 5.41) is 4.00. The van der Waals surface area contributed by atoms with E-state index in [2.05, 4.69) is 26.1 Å². The van der Waals surface area contributed by atoms with E-state index in [1.54, 1.807) is 12.1 Å². The van der Waals surface area contributed by atoms with Gasteiger partial charge in [0.05, 0.1) is 5.52 Å². The maximum absolute atomic E-state index is 13.1. The van der Waals surface area contributed by atoms with Crippen molar-refractivity contribution >= 4 is 22.6 Å². The van der Waals surface area contributed by atoms with Crippen molar-refractivity contribution in [1.29, 1.82) is 0 Å². The van der Waals surface area contributed by atoms with Crippen molar-refractivity contribution in [3.63, 3.8) is 0 Å². The molecule has 1 aliphatic heterocycles. The monoisotopic (exact) mass is 362 g/mol. The lowest BCUT2D eigenvalue weighted by molar-refractivity contribution is -0.120. The van der Waals surface area contributed by atoms with Gasteiger partial charge in [0.2, 0.25) is 5.91 Å². The summed E-state index contributed by atoms with van der Waals surface area (Å²) in [5.74, 6) is -0.414. The SMILES string of the molecule is NC(=O)C1NNC2CCC(Nc3nc(C(F)F)nc4ccccc34)CC21. The van der Waals surface area contributed by atoms with Gasteiger partial charge in [-0.2, -0.15) is 0 Å². The molecular formula is C17H20F2N6O. The molecule has 0 radical (unpaired) electrons. The molecule has 2 aromatic rings. The van der Waals surface area contributed by atoms with E-state index in [9.17, 15) is 13.6 Å². The Balaban J connectivity index is 1.60. The Morgan fingerprint density at radius 1 is 1.23 bits per heavy atom. The number of nitrogens with one attached hydrogen (secondary N) is 3. The molecular weight excluding hydrogens is 342 g/mol. The fraction of sp³-hybridized carbons (Fsp3) is 0.471. The largest absolute Gasteiger partial charge is 0.368 e. The number of nitrogens with two attached hydrogens (primary N) is 1. The van der Waals surface area contributed by atoms with Gasteiger partial charge in [-0.15, -0.1) is 0 Å². The van der Waals surface area contributed by atoms with Gasteiger partial charge >= 0.3 is 0 Å². The second-order valence-corrected chi connectivity index (χ2v) is 6.84. The molecule has 4 atom stereocenters. The number of amides is 1. The fourth-order valence-electron chi connectivity index (χ4n) is 3.97. The molecule has 4 rings (SSSR count). The number of fused-ring (bicyclic) bond motifs is 2. The Kier molecular flexibility index (Phi) is 4.41. The fourth-order valence-corrected chi connectivity index (χ4v) is 3.97. The number of nitrogens with zero attached hydrogens (tertiary/aromatic N) is 2. The minimum atomic E-state index is -2.74. The molecule has 0 bridgehead atoms. The van der Waals surface area contributed by atoms with Crippen LogP contribution in [0.1, 0.15) is 31.5 Å². The number of hydrogen-bond acceptors (Lipinski definition) is 6. The molecule has 1 aliphatic carbocycles. The lowest BCUT2D eigenvalue weighted by Crippen LogP contribution is -2.44. The van der Waals surface area contributed by atoms with Gasteiger partial charge in [0.1, 0.15) is 11.9 Å². The average molecular weight is 362 g/mol. The number of rotatable bonds is 4. The highest BCUT2D eigenvalue weighted by Gasteiger charge is 2.43. The number of benzene rings is 1. The highest BCUT2D eigenvalue weighted by molar-refractivity contribution is 5.89. The standard InChI is InChI=1S/C17H20F2N6O/c18-14(19)17-22-11-4-2-1-3-9(11)16(23-17)21-8-5-6-12-10(7-8)13(15(20)26)25-24-12/h1-4,8,10,12-14,24-25H,5-7H2,(H2,20,26)(H,21,22,23). The first-order valence-corrected chi connectivity index (χ1v) is 8.64. The van der Waals surface area contributed by atoms with Crippen LogP contribution in [0, 0.1) is 5.92 Å². The molecule has 9 heteroatoms. The summed E-state index contributed by atoms with van der Waals surface area (Å²) < 4.78 is 26.3. The number of halogens is 2. The molecule has 1 aromatic carbocycles. The smallest absolute Gasteiger partial charge is 0.297 e. The zero-order chi connectivity index (χ0) is 18.3. The van der Waals surface area contributed by atoms with Crippen LogP contribution in [0.2, 0.25) is 0 Å². The second kappa shape index (κ2) is 6.73. The first kappa shape index (κ1) is 17.0. The molecule has 5 N–H and O–H groups in total. The van der Waals surface area contributed by atoms with Gasteiger partial charge in [0.15, 0.2) is 5.82 Å². The molecule has 1 saturated carbocycles. The number of carbonyl (C=O) groups is 1. The van der Waals surface area contributed by atoms with E-state index in [0.717, 1.165) is 12.8 Å². The maximum Gasteiger partial charge on any atom is 0.297 e. The normalized spacial score (nSPS) is 28.3. The van der Waals surface area contributed by atoms with E-state index < -0.39 is 24.2 Å². The van der Waals surface area contributed by atoms with Crippen LogP contribution < -0.4 is 21.9 Å². The molecule has 7 nitrogen and oxygen atoms in total. The van der Waals surface area contributed by atoms with Gasteiger partial charge in [-0.25, -0.2) is 24.2 Å². The van der Waals surface area contributed by atoms with Crippen LogP contribution in [0.4, 0.5) is 14.6 Å². The third-order valence-corrected chi connectivity index (χ3v) is 5.22. The number of para-hydroxylation sites is 1. The molecule has 2 aliphatic rings. The quantitative estimate of drug-likeness (QED) is 0.657. The van der Waals surface area contributed by atoms with Crippen LogP contribution in [0.3, 0.4) is 0 Å². The predicted octanol–water partition coefficient (Wildman–Crippen LogP) is 1.48. The molecule has 1 aromatic heterocycles. The van der Waals surface area contributed by atoms with Gasteiger partial charge in [-0.1, -0.05) is 12.1 Å². The Labute approximate surface area is 148 Å². The summed E-state index contributed by atoms with van der Waals surface area (Å²) in [7, 11) is 0. The molecule has 4 unspecified atom stereocenters. The summed E-state index contributed by atoms with van der Waals surface area (Å²) in [5.41, 5.74) is 12.0. The van der Waals surface area contributed by atoms with Gasteiger partial charge in [-0.3, -0.25) is 10.2 Å². The zero-order valence-electron chi connectivity index (χ0n) is 14.0. The Hall–Kier alpha value is -2.39. The molecule has 0 spiro atoms. The van der Waals surface area contributed by atoms with Crippen molar-refractivity contribution in [2.45, 2.75) is 43.8 Å². The van der Waals surface area contributed by atoms with Crippen LogP contribution in [-0.4, -0.2) is 34.0 Å². The molecule has 2 fully saturated rings. The van der Waals surface area contributed by atoms with Crippen molar-refractivity contribution in [2.75, 3.05) is 5.32 Å². The summed E-state index contributed by atoms with van der Waals surface area (Å²) in [6, 6.07) is 6.86. The third-order valence-electron chi connectivity index (χ3n) is 5.22. The van der Waals surface area contributed by atoms with Gasteiger partial charge in [0.25, 0.3) is 6.43 Å². The van der Waals surface area contributed by atoms with Crippen LogP contribution in [0.25, 0.3) is 10.9 Å². The van der Waals surface area contributed by atoms with E-state index in [-0.39, 0.29) is 18.0 Å². The van der Waals surface area contributed by atoms with Crippen LogP contribution in [0.5, 0.6) is 0 Å². The Morgan fingerprint density at radius 2 is 2.04 bits per heavy atom. The average Bonchev–Trinajstić information content (AvgIpc) is 3.05. The molecule has 1 saturated heterocycles. The molecule has 26 heavy (non-hydrogen) atoms. The third kappa shape index (κ3) is 3.08. The number of anilines is 1. The van der Waals surface area contributed by atoms with Crippen molar-refractivity contribution in [3.05, 3.63) is 30.1 Å². The topological polar surface area (TPSA) is 105 Å². The van der Waals surface area contributed by atoms with Crippen molar-refractivity contribution in [2.24, 2.45) is 11.7 Å². The van der Waals surface area contributed by atoms with Gasteiger partial charge in [0, 0.05) is 23.4 Å². The van der Waals surface area contributed by atoms with E-state index in [1.165, 1.54) is 0 Å². The number of primary amides is 1. The summed E-state index contributed by atoms with van der Waals surface area (Å²) in [6.07, 6.45) is -0.355. The minimum Gasteiger partial charge on any atom is -0.368 e. The highest BCUT2D eigenvalue weighted by atomic mass is 19.3. The highest BCUT2D eigenvalue weighted by Crippen LogP contribution is 2.33. The maximum atomic E-state index is 13.1. The number of hydrazine groups is 1. The van der Waals surface area contributed by atoms with Crippen LogP contribution >= 0.6 is 0 Å². The first-order chi connectivity index (χ1) is 12.5. The van der Waals surface area contributed by atoms with Crippen molar-refractivity contribution < 1.29 is 13.6 Å². The van der Waals surface area contributed by atoms with E-state index in [4.69, 9.17) is 5.73 Å². The van der Waals surface area contributed by atoms with E-state index >= 15 is 0 Å². The predicted molar refractivity (Wildman–Crippen MR) is 92.3 cm³/mol. The minimum absolute atomic E-state index is 0.0172. The summed E-state index contributed by atoms with van der Waals surface area (Å²) in [6.45, 7) is 0. The number of alkyl halides is 2. The van der Waals surface area contributed by atoms with Crippen molar-refractivity contribution in [3.8, 4) is 0 Å².